The van der Waals surface area contributed by atoms with E-state index in [2.05, 4.69) is 15.2 Å². The number of halogens is 3. The van der Waals surface area contributed by atoms with Crippen LogP contribution in [0.25, 0.3) is 11.1 Å². The highest BCUT2D eigenvalue weighted by atomic mass is 19.4. The Kier molecular flexibility index (Phi) is 4.45. The summed E-state index contributed by atoms with van der Waals surface area (Å²) in [4.78, 5) is 16.0. The van der Waals surface area contributed by atoms with E-state index < -0.39 is 24.4 Å². The molecule has 0 bridgehead atoms. The first-order valence-electron chi connectivity index (χ1n) is 7.47. The van der Waals surface area contributed by atoms with Crippen LogP contribution in [0.15, 0.2) is 63.8 Å². The maximum Gasteiger partial charge on any atom is 0.422 e. The molecule has 1 atom stereocenters. The molecule has 1 aliphatic rings. The topological polar surface area (TPSA) is 89.4 Å². The summed E-state index contributed by atoms with van der Waals surface area (Å²) < 4.78 is 42.5. The number of carbonyl (C=O) groups excluding carboxylic acids is 1. The van der Waals surface area contributed by atoms with Crippen LogP contribution in [0.3, 0.4) is 0 Å². The number of ether oxygens (including phenoxy) is 1. The van der Waals surface area contributed by atoms with Crippen LogP contribution in [0, 0.1) is 0 Å². The van der Waals surface area contributed by atoms with E-state index in [1.54, 1.807) is 42.5 Å². The fraction of sp³-hybridized carbons (Fsp3) is 0.176. The molecule has 3 rings (SSSR count). The molecule has 2 aromatic rings. The highest BCUT2D eigenvalue weighted by molar-refractivity contribution is 5.91. The van der Waals surface area contributed by atoms with Gasteiger partial charge < -0.3 is 10.5 Å². The molecule has 0 saturated heterocycles. The molecule has 2 N–H and O–H groups in total. The molecule has 1 aliphatic heterocycles. The van der Waals surface area contributed by atoms with Crippen molar-refractivity contribution in [3.63, 3.8) is 0 Å². The van der Waals surface area contributed by atoms with Gasteiger partial charge in [-0.05, 0) is 11.6 Å². The molecule has 0 spiro atoms. The molecule has 0 aliphatic carbocycles. The fourth-order valence-corrected chi connectivity index (χ4v) is 2.61. The average molecular weight is 362 g/mol. The van der Waals surface area contributed by atoms with E-state index in [0.717, 1.165) is 6.34 Å². The van der Waals surface area contributed by atoms with Crippen molar-refractivity contribution in [1.29, 1.82) is 0 Å². The smallest absolute Gasteiger partial charge is 0.422 e. The van der Waals surface area contributed by atoms with Crippen LogP contribution in [0.2, 0.25) is 0 Å². The van der Waals surface area contributed by atoms with Crippen molar-refractivity contribution in [2.24, 2.45) is 21.0 Å². The summed E-state index contributed by atoms with van der Waals surface area (Å²) >= 11 is 0. The number of amides is 1. The number of rotatable bonds is 5. The van der Waals surface area contributed by atoms with E-state index in [1.807, 2.05) is 0 Å². The zero-order chi connectivity index (χ0) is 18.8. The number of alkyl halides is 3. The van der Waals surface area contributed by atoms with E-state index in [-0.39, 0.29) is 5.75 Å². The van der Waals surface area contributed by atoms with Crippen LogP contribution in [0.4, 0.5) is 13.2 Å². The molecule has 0 aromatic heterocycles. The third-order valence-electron chi connectivity index (χ3n) is 3.71. The second kappa shape index (κ2) is 6.58. The third-order valence-corrected chi connectivity index (χ3v) is 3.71. The molecule has 134 valence electrons. The summed E-state index contributed by atoms with van der Waals surface area (Å²) in [6.07, 6.45) is -3.38. The minimum absolute atomic E-state index is 0.0100. The second-order valence-corrected chi connectivity index (χ2v) is 5.44. The van der Waals surface area contributed by atoms with Crippen molar-refractivity contribution in [1.82, 2.24) is 0 Å². The molecule has 9 heteroatoms. The van der Waals surface area contributed by atoms with Crippen molar-refractivity contribution >= 4 is 12.2 Å². The Balaban J connectivity index is 2.12. The number of hydrogen-bond acceptors (Lipinski definition) is 5. The number of nitrogens with two attached hydrogens (primary N) is 1. The Hall–Kier alpha value is -3.23. The SMILES string of the molecule is NC(=O)C1(c2ccccc2-c2ccccc2OCC(F)(F)F)N=CN=N1. The number of aliphatic imine (C=N–C) groups is 1. The first kappa shape index (κ1) is 17.6. The van der Waals surface area contributed by atoms with Crippen LogP contribution in [-0.2, 0) is 10.5 Å². The van der Waals surface area contributed by atoms with E-state index in [0.29, 0.717) is 16.7 Å². The quantitative estimate of drug-likeness (QED) is 0.883. The zero-order valence-electron chi connectivity index (χ0n) is 13.3. The Morgan fingerprint density at radius 2 is 1.73 bits per heavy atom. The first-order chi connectivity index (χ1) is 12.3. The van der Waals surface area contributed by atoms with Gasteiger partial charge in [0, 0.05) is 11.1 Å². The largest absolute Gasteiger partial charge is 0.483 e. The summed E-state index contributed by atoms with van der Waals surface area (Å²) in [5, 5.41) is 7.46. The maximum atomic E-state index is 12.5. The highest BCUT2D eigenvalue weighted by Gasteiger charge is 2.42. The lowest BCUT2D eigenvalue weighted by atomic mass is 9.90. The molecule has 1 amide bonds. The molecule has 2 aromatic carbocycles. The zero-order valence-corrected chi connectivity index (χ0v) is 13.3. The summed E-state index contributed by atoms with van der Waals surface area (Å²) in [7, 11) is 0. The number of benzene rings is 2. The molecule has 26 heavy (non-hydrogen) atoms. The molecular formula is C17H13F3N4O2. The lowest BCUT2D eigenvalue weighted by molar-refractivity contribution is -0.153. The lowest BCUT2D eigenvalue weighted by Crippen LogP contribution is -2.37. The van der Waals surface area contributed by atoms with Gasteiger partial charge in [0.15, 0.2) is 6.61 Å². The fourth-order valence-electron chi connectivity index (χ4n) is 2.61. The number of para-hydroxylation sites is 1. The lowest BCUT2D eigenvalue weighted by Gasteiger charge is -2.22. The number of nitrogens with zero attached hydrogens (tertiary/aromatic N) is 3. The summed E-state index contributed by atoms with van der Waals surface area (Å²) in [6.45, 7) is -1.44. The molecule has 0 radical (unpaired) electrons. The monoisotopic (exact) mass is 362 g/mol. The minimum Gasteiger partial charge on any atom is -0.483 e. The molecule has 6 nitrogen and oxygen atoms in total. The Labute approximate surface area is 146 Å². The van der Waals surface area contributed by atoms with Crippen LogP contribution < -0.4 is 10.5 Å². The molecular weight excluding hydrogens is 349 g/mol. The number of carbonyl (C=O) groups is 1. The predicted molar refractivity (Wildman–Crippen MR) is 87.6 cm³/mol. The van der Waals surface area contributed by atoms with E-state index in [1.165, 1.54) is 6.07 Å². The van der Waals surface area contributed by atoms with Crippen LogP contribution in [-0.4, -0.2) is 25.0 Å². The standard InChI is InChI=1S/C17H13F3N4O2/c18-16(19,20)9-26-14-8-4-2-6-12(14)11-5-1-3-7-13(11)17(15(21)25)22-10-23-24-17/h1-8,10H,9H2,(H2,21,25). The molecule has 1 heterocycles. The van der Waals surface area contributed by atoms with Gasteiger partial charge in [-0.25, -0.2) is 4.99 Å². The number of azo groups is 1. The number of hydrogen-bond donors (Lipinski definition) is 1. The average Bonchev–Trinajstić information content (AvgIpc) is 3.11. The van der Waals surface area contributed by atoms with Gasteiger partial charge in [0.25, 0.3) is 11.6 Å². The van der Waals surface area contributed by atoms with Crippen molar-refractivity contribution < 1.29 is 22.7 Å². The van der Waals surface area contributed by atoms with Crippen LogP contribution in [0.1, 0.15) is 5.56 Å². The van der Waals surface area contributed by atoms with E-state index in [9.17, 15) is 18.0 Å². The molecule has 1 unspecified atom stereocenters. The third kappa shape index (κ3) is 3.28. The molecule has 0 saturated carbocycles. The highest BCUT2D eigenvalue weighted by Crippen LogP contribution is 2.40. The predicted octanol–water partition coefficient (Wildman–Crippen LogP) is 3.43. The van der Waals surface area contributed by atoms with Gasteiger partial charge in [-0.2, -0.15) is 13.2 Å². The Bertz CT molecular complexity index is 882. The maximum absolute atomic E-state index is 12.5. The summed E-state index contributed by atoms with van der Waals surface area (Å²) in [5.74, 6) is -0.841. The number of primary amides is 1. The Morgan fingerprint density at radius 1 is 1.08 bits per heavy atom. The van der Waals surface area contributed by atoms with Crippen molar-refractivity contribution in [2.75, 3.05) is 6.61 Å². The molecule has 0 fully saturated rings. The van der Waals surface area contributed by atoms with Crippen molar-refractivity contribution in [3.8, 4) is 16.9 Å². The van der Waals surface area contributed by atoms with Gasteiger partial charge in [-0.1, -0.05) is 42.5 Å². The second-order valence-electron chi connectivity index (χ2n) is 5.44. The van der Waals surface area contributed by atoms with Crippen LogP contribution in [0.5, 0.6) is 5.75 Å². The van der Waals surface area contributed by atoms with Gasteiger partial charge in [-0.3, -0.25) is 4.79 Å². The van der Waals surface area contributed by atoms with E-state index >= 15 is 0 Å². The van der Waals surface area contributed by atoms with Crippen LogP contribution >= 0.6 is 0 Å². The van der Waals surface area contributed by atoms with Gasteiger partial charge >= 0.3 is 6.18 Å². The summed E-state index contributed by atoms with van der Waals surface area (Å²) in [6, 6.07) is 12.7. The van der Waals surface area contributed by atoms with Gasteiger partial charge in [-0.15, -0.1) is 10.2 Å². The van der Waals surface area contributed by atoms with Gasteiger partial charge in [0.05, 0.1) is 0 Å². The van der Waals surface area contributed by atoms with Gasteiger partial charge in [0.1, 0.15) is 12.1 Å². The Morgan fingerprint density at radius 3 is 2.35 bits per heavy atom. The minimum atomic E-state index is -4.48. The van der Waals surface area contributed by atoms with E-state index in [4.69, 9.17) is 10.5 Å². The van der Waals surface area contributed by atoms with Crippen molar-refractivity contribution in [2.45, 2.75) is 11.8 Å². The normalized spacial score (nSPS) is 18.9. The van der Waals surface area contributed by atoms with Crippen molar-refractivity contribution in [3.05, 3.63) is 54.1 Å². The summed E-state index contributed by atoms with van der Waals surface area (Å²) in [5.41, 5.74) is 4.79. The van der Waals surface area contributed by atoms with Gasteiger partial charge in [0.2, 0.25) is 0 Å². The first-order valence-corrected chi connectivity index (χ1v) is 7.47.